The number of carbonyl (C=O) groups excluding carboxylic acids is 1. The van der Waals surface area contributed by atoms with Crippen LogP contribution in [0, 0.1) is 5.41 Å². The van der Waals surface area contributed by atoms with Gasteiger partial charge in [-0.15, -0.1) is 24.2 Å². The molecule has 1 aromatic rings. The summed E-state index contributed by atoms with van der Waals surface area (Å²) < 4.78 is 5.68. The fourth-order valence-electron chi connectivity index (χ4n) is 2.99. The standard InChI is InChI=1S/C18H28N2O2S.ClH/c1-5-22-15-11-18(19,17(15,3)4)16(21)20-12-13(2)23-14-9-7-6-8-10-14;/h6-10,13,15H,5,11-12,19H2,1-4H3,(H,20,21);1H. The molecule has 0 spiro atoms. The van der Waals surface area contributed by atoms with Crippen LogP contribution in [0.2, 0.25) is 0 Å². The molecule has 0 aromatic heterocycles. The maximum absolute atomic E-state index is 12.6. The summed E-state index contributed by atoms with van der Waals surface area (Å²) in [6.07, 6.45) is 0.638. The number of benzene rings is 1. The van der Waals surface area contributed by atoms with Gasteiger partial charge in [0, 0.05) is 35.1 Å². The van der Waals surface area contributed by atoms with Crippen molar-refractivity contribution in [2.75, 3.05) is 13.2 Å². The van der Waals surface area contributed by atoms with E-state index in [9.17, 15) is 4.79 Å². The molecule has 1 amide bonds. The Hall–Kier alpha value is -0.750. The van der Waals surface area contributed by atoms with Gasteiger partial charge in [0.1, 0.15) is 5.54 Å². The topological polar surface area (TPSA) is 64.3 Å². The third kappa shape index (κ3) is 4.26. The smallest absolute Gasteiger partial charge is 0.240 e. The molecule has 6 heteroatoms. The van der Waals surface area contributed by atoms with Crippen molar-refractivity contribution < 1.29 is 9.53 Å². The van der Waals surface area contributed by atoms with Gasteiger partial charge < -0.3 is 15.8 Å². The molecule has 1 aliphatic rings. The second-order valence-corrected chi connectivity index (χ2v) is 8.30. The first-order valence-corrected chi connectivity index (χ1v) is 9.09. The fraction of sp³-hybridized carbons (Fsp3) is 0.611. The number of rotatable bonds is 7. The molecule has 0 bridgehead atoms. The van der Waals surface area contributed by atoms with E-state index in [0.29, 0.717) is 19.6 Å². The Balaban J connectivity index is 0.00000288. The number of amides is 1. The molecule has 1 saturated carbocycles. The van der Waals surface area contributed by atoms with Crippen LogP contribution in [0.1, 0.15) is 34.1 Å². The summed E-state index contributed by atoms with van der Waals surface area (Å²) in [7, 11) is 0. The molecule has 4 nitrogen and oxygen atoms in total. The summed E-state index contributed by atoms with van der Waals surface area (Å²) in [6.45, 7) is 9.35. The summed E-state index contributed by atoms with van der Waals surface area (Å²) in [5.74, 6) is -0.0704. The molecule has 3 unspecified atom stereocenters. The van der Waals surface area contributed by atoms with Gasteiger partial charge in [0.15, 0.2) is 0 Å². The molecule has 0 radical (unpaired) electrons. The SMILES string of the molecule is CCOC1CC(N)(C(=O)NCC(C)Sc2ccccc2)C1(C)C.Cl. The Labute approximate surface area is 155 Å². The third-order valence-electron chi connectivity index (χ3n) is 4.87. The van der Waals surface area contributed by atoms with Crippen LogP contribution in [0.4, 0.5) is 0 Å². The number of ether oxygens (including phenoxy) is 1. The highest BCUT2D eigenvalue weighted by atomic mass is 35.5. The Morgan fingerprint density at radius 3 is 2.58 bits per heavy atom. The van der Waals surface area contributed by atoms with Gasteiger partial charge in [0.05, 0.1) is 6.10 Å². The fourth-order valence-corrected chi connectivity index (χ4v) is 3.93. The molecule has 3 N–H and O–H groups in total. The molecular formula is C18H29ClN2O2S. The van der Waals surface area contributed by atoms with Gasteiger partial charge in [-0.1, -0.05) is 39.0 Å². The molecule has 24 heavy (non-hydrogen) atoms. The molecule has 1 aromatic carbocycles. The monoisotopic (exact) mass is 372 g/mol. The van der Waals surface area contributed by atoms with Crippen molar-refractivity contribution in [2.24, 2.45) is 11.1 Å². The average Bonchev–Trinajstić information content (AvgIpc) is 2.53. The molecule has 0 aliphatic heterocycles. The zero-order chi connectivity index (χ0) is 17.1. The van der Waals surface area contributed by atoms with Crippen molar-refractivity contribution in [2.45, 2.75) is 55.9 Å². The predicted octanol–water partition coefficient (Wildman–Crippen LogP) is 3.24. The lowest BCUT2D eigenvalue weighted by Crippen LogP contribution is -2.75. The molecule has 1 aliphatic carbocycles. The van der Waals surface area contributed by atoms with Gasteiger partial charge in [-0.05, 0) is 19.1 Å². The lowest BCUT2D eigenvalue weighted by Gasteiger charge is -2.57. The van der Waals surface area contributed by atoms with Crippen LogP contribution in [0.3, 0.4) is 0 Å². The summed E-state index contributed by atoms with van der Waals surface area (Å²) in [4.78, 5) is 13.8. The van der Waals surface area contributed by atoms with Gasteiger partial charge in [-0.25, -0.2) is 0 Å². The van der Waals surface area contributed by atoms with Crippen LogP contribution >= 0.6 is 24.2 Å². The highest BCUT2D eigenvalue weighted by Gasteiger charge is 2.62. The first-order chi connectivity index (χ1) is 10.8. The maximum atomic E-state index is 12.6. The molecule has 1 fully saturated rings. The molecular weight excluding hydrogens is 344 g/mol. The van der Waals surface area contributed by atoms with E-state index in [1.807, 2.05) is 39.0 Å². The van der Waals surface area contributed by atoms with Gasteiger partial charge in [-0.3, -0.25) is 4.79 Å². The normalized spacial score (nSPS) is 26.0. The van der Waals surface area contributed by atoms with E-state index in [1.54, 1.807) is 11.8 Å². The van der Waals surface area contributed by atoms with E-state index in [2.05, 4.69) is 24.4 Å². The number of hydrogen-bond acceptors (Lipinski definition) is 4. The van der Waals surface area contributed by atoms with Crippen molar-refractivity contribution in [1.82, 2.24) is 5.32 Å². The summed E-state index contributed by atoms with van der Waals surface area (Å²) in [5, 5.41) is 3.31. The van der Waals surface area contributed by atoms with Gasteiger partial charge in [0.25, 0.3) is 0 Å². The van der Waals surface area contributed by atoms with Crippen molar-refractivity contribution in [3.63, 3.8) is 0 Å². The first kappa shape index (κ1) is 21.3. The largest absolute Gasteiger partial charge is 0.378 e. The zero-order valence-corrected chi connectivity index (χ0v) is 16.5. The molecule has 3 atom stereocenters. The quantitative estimate of drug-likeness (QED) is 0.721. The van der Waals surface area contributed by atoms with Gasteiger partial charge in [0.2, 0.25) is 5.91 Å². The Morgan fingerprint density at radius 2 is 2.04 bits per heavy atom. The van der Waals surface area contributed by atoms with Crippen molar-refractivity contribution in [3.8, 4) is 0 Å². The van der Waals surface area contributed by atoms with Crippen molar-refractivity contribution in [1.29, 1.82) is 0 Å². The second kappa shape index (κ2) is 8.56. The van der Waals surface area contributed by atoms with Crippen LogP contribution in [0.15, 0.2) is 35.2 Å². The molecule has 2 rings (SSSR count). The van der Waals surface area contributed by atoms with E-state index in [0.717, 1.165) is 0 Å². The number of thioether (sulfide) groups is 1. The summed E-state index contributed by atoms with van der Waals surface area (Å²) in [5.41, 5.74) is 5.20. The van der Waals surface area contributed by atoms with Crippen molar-refractivity contribution >= 4 is 30.1 Å². The van der Waals surface area contributed by atoms with Crippen molar-refractivity contribution in [3.05, 3.63) is 30.3 Å². The van der Waals surface area contributed by atoms with Crippen LogP contribution in [0.5, 0.6) is 0 Å². The number of nitrogens with one attached hydrogen (secondary N) is 1. The zero-order valence-electron chi connectivity index (χ0n) is 14.9. The molecule has 0 heterocycles. The van der Waals surface area contributed by atoms with E-state index in [4.69, 9.17) is 10.5 Å². The molecule has 136 valence electrons. The van der Waals surface area contributed by atoms with E-state index < -0.39 is 5.54 Å². The average molecular weight is 373 g/mol. The maximum Gasteiger partial charge on any atom is 0.240 e. The van der Waals surface area contributed by atoms with Crippen LogP contribution < -0.4 is 11.1 Å². The summed E-state index contributed by atoms with van der Waals surface area (Å²) in [6, 6.07) is 10.2. The third-order valence-corrected chi connectivity index (χ3v) is 5.98. The Bertz CT molecular complexity index is 541. The van der Waals surface area contributed by atoms with Crippen LogP contribution in [0.25, 0.3) is 0 Å². The highest BCUT2D eigenvalue weighted by Crippen LogP contribution is 2.49. The Kier molecular flexibility index (Phi) is 7.60. The molecule has 0 saturated heterocycles. The van der Waals surface area contributed by atoms with Crippen LogP contribution in [-0.4, -0.2) is 36.0 Å². The summed E-state index contributed by atoms with van der Waals surface area (Å²) >= 11 is 1.75. The minimum Gasteiger partial charge on any atom is -0.378 e. The second-order valence-electron chi connectivity index (χ2n) is 6.79. The van der Waals surface area contributed by atoms with E-state index in [-0.39, 0.29) is 35.1 Å². The van der Waals surface area contributed by atoms with Gasteiger partial charge in [-0.2, -0.15) is 0 Å². The van der Waals surface area contributed by atoms with E-state index >= 15 is 0 Å². The van der Waals surface area contributed by atoms with Crippen LogP contribution in [-0.2, 0) is 9.53 Å². The number of nitrogens with two attached hydrogens (primary N) is 1. The lowest BCUT2D eigenvalue weighted by atomic mass is 9.54. The highest BCUT2D eigenvalue weighted by molar-refractivity contribution is 8.00. The first-order valence-electron chi connectivity index (χ1n) is 8.21. The minimum absolute atomic E-state index is 0. The Morgan fingerprint density at radius 1 is 1.42 bits per heavy atom. The number of hydrogen-bond donors (Lipinski definition) is 2. The lowest BCUT2D eigenvalue weighted by molar-refractivity contribution is -0.170. The minimum atomic E-state index is -0.843. The van der Waals surface area contributed by atoms with Gasteiger partial charge >= 0.3 is 0 Å². The predicted molar refractivity (Wildman–Crippen MR) is 103 cm³/mol. The number of halogens is 1. The number of carbonyl (C=O) groups is 1. The van der Waals surface area contributed by atoms with E-state index in [1.165, 1.54) is 4.90 Å².